The quantitative estimate of drug-likeness (QED) is 0.806. The minimum Gasteiger partial charge on any atom is -0.477 e. The van der Waals surface area contributed by atoms with Gasteiger partial charge >= 0.3 is 5.97 Å². The highest BCUT2D eigenvalue weighted by Crippen LogP contribution is 2.25. The molecule has 0 saturated carbocycles. The van der Waals surface area contributed by atoms with Crippen molar-refractivity contribution in [3.8, 4) is 11.3 Å². The molecule has 0 saturated heterocycles. The molecule has 5 heteroatoms. The first-order chi connectivity index (χ1) is 7.20. The number of aromatic carboxylic acids is 1. The van der Waals surface area contributed by atoms with Crippen molar-refractivity contribution in [2.24, 2.45) is 0 Å². The lowest BCUT2D eigenvalue weighted by Gasteiger charge is -2.00. The average molecular weight is 204 g/mol. The van der Waals surface area contributed by atoms with Gasteiger partial charge in [-0.2, -0.15) is 0 Å². The summed E-state index contributed by atoms with van der Waals surface area (Å²) in [4.78, 5) is 14.8. The maximum Gasteiger partial charge on any atom is 0.341 e. The number of carboxylic acids is 1. The van der Waals surface area contributed by atoms with E-state index in [2.05, 4.69) is 10.1 Å². The SMILES string of the molecule is Cc1ccncc1-c1oncc1C(=O)O. The Morgan fingerprint density at radius 1 is 1.47 bits per heavy atom. The van der Waals surface area contributed by atoms with Crippen molar-refractivity contribution in [2.75, 3.05) is 0 Å². The molecule has 0 aromatic carbocycles. The number of hydrogen-bond donors (Lipinski definition) is 1. The van der Waals surface area contributed by atoms with E-state index in [1.807, 2.05) is 6.92 Å². The largest absolute Gasteiger partial charge is 0.477 e. The van der Waals surface area contributed by atoms with Gasteiger partial charge in [0, 0.05) is 18.0 Å². The minimum absolute atomic E-state index is 0.0473. The third kappa shape index (κ3) is 1.59. The second-order valence-electron chi connectivity index (χ2n) is 3.06. The molecular formula is C10H8N2O3. The van der Waals surface area contributed by atoms with Crippen molar-refractivity contribution in [3.63, 3.8) is 0 Å². The van der Waals surface area contributed by atoms with Gasteiger partial charge in [0.2, 0.25) is 0 Å². The molecule has 1 N–H and O–H groups in total. The molecule has 2 aromatic heterocycles. The lowest BCUT2D eigenvalue weighted by molar-refractivity contribution is 0.0697. The fourth-order valence-electron chi connectivity index (χ4n) is 1.29. The molecule has 0 unspecified atom stereocenters. The van der Waals surface area contributed by atoms with Gasteiger partial charge in [-0.25, -0.2) is 4.79 Å². The highest BCUT2D eigenvalue weighted by molar-refractivity contribution is 5.94. The molecule has 0 radical (unpaired) electrons. The van der Waals surface area contributed by atoms with Crippen LogP contribution in [0.1, 0.15) is 15.9 Å². The Balaban J connectivity index is 2.59. The van der Waals surface area contributed by atoms with Crippen LogP contribution in [-0.2, 0) is 0 Å². The first-order valence-electron chi connectivity index (χ1n) is 4.29. The molecule has 2 heterocycles. The van der Waals surface area contributed by atoms with E-state index in [0.717, 1.165) is 5.56 Å². The molecule has 5 nitrogen and oxygen atoms in total. The first-order valence-corrected chi connectivity index (χ1v) is 4.29. The fraction of sp³-hybridized carbons (Fsp3) is 0.100. The number of rotatable bonds is 2. The van der Waals surface area contributed by atoms with Gasteiger partial charge in [-0.3, -0.25) is 4.98 Å². The normalized spacial score (nSPS) is 10.2. The summed E-state index contributed by atoms with van der Waals surface area (Å²) in [6, 6.07) is 1.78. The van der Waals surface area contributed by atoms with Gasteiger partial charge in [0.15, 0.2) is 5.76 Å². The van der Waals surface area contributed by atoms with E-state index in [9.17, 15) is 4.79 Å². The Bertz CT molecular complexity index is 505. The van der Waals surface area contributed by atoms with Crippen molar-refractivity contribution in [3.05, 3.63) is 35.8 Å². The van der Waals surface area contributed by atoms with Gasteiger partial charge in [0.05, 0.1) is 6.20 Å². The Hall–Kier alpha value is -2.17. The maximum atomic E-state index is 10.8. The smallest absolute Gasteiger partial charge is 0.341 e. The van der Waals surface area contributed by atoms with Crippen LogP contribution in [0.25, 0.3) is 11.3 Å². The molecule has 0 aliphatic heterocycles. The highest BCUT2D eigenvalue weighted by atomic mass is 16.5. The van der Waals surface area contributed by atoms with E-state index in [1.54, 1.807) is 18.5 Å². The molecule has 76 valence electrons. The fourth-order valence-corrected chi connectivity index (χ4v) is 1.29. The topological polar surface area (TPSA) is 76.2 Å². The number of nitrogens with zero attached hydrogens (tertiary/aromatic N) is 2. The maximum absolute atomic E-state index is 10.8. The Morgan fingerprint density at radius 2 is 2.27 bits per heavy atom. The van der Waals surface area contributed by atoms with E-state index in [4.69, 9.17) is 9.63 Å². The Kier molecular flexibility index (Phi) is 2.21. The molecule has 0 atom stereocenters. The second-order valence-corrected chi connectivity index (χ2v) is 3.06. The lowest BCUT2D eigenvalue weighted by atomic mass is 10.1. The van der Waals surface area contributed by atoms with E-state index < -0.39 is 5.97 Å². The van der Waals surface area contributed by atoms with Crippen molar-refractivity contribution < 1.29 is 14.4 Å². The average Bonchev–Trinajstić information content (AvgIpc) is 2.67. The molecule has 0 aliphatic rings. The number of hydrogen-bond acceptors (Lipinski definition) is 4. The van der Waals surface area contributed by atoms with Crippen molar-refractivity contribution in [1.82, 2.24) is 10.1 Å². The molecule has 0 amide bonds. The third-order valence-electron chi connectivity index (χ3n) is 2.08. The van der Waals surface area contributed by atoms with Gasteiger partial charge in [0.1, 0.15) is 5.56 Å². The molecule has 0 aliphatic carbocycles. The van der Waals surface area contributed by atoms with Crippen molar-refractivity contribution in [1.29, 1.82) is 0 Å². The van der Waals surface area contributed by atoms with Gasteiger partial charge < -0.3 is 9.63 Å². The summed E-state index contributed by atoms with van der Waals surface area (Å²) < 4.78 is 4.92. The van der Waals surface area contributed by atoms with Crippen LogP contribution in [0.4, 0.5) is 0 Å². The van der Waals surface area contributed by atoms with Crippen LogP contribution in [0.15, 0.2) is 29.2 Å². The van der Waals surface area contributed by atoms with Crippen LogP contribution in [0.2, 0.25) is 0 Å². The van der Waals surface area contributed by atoms with Crippen LogP contribution in [0.3, 0.4) is 0 Å². The summed E-state index contributed by atoms with van der Waals surface area (Å²) in [5.74, 6) is -0.817. The second kappa shape index (κ2) is 3.53. The molecular weight excluding hydrogens is 196 g/mol. The first kappa shape index (κ1) is 9.39. The van der Waals surface area contributed by atoms with Gasteiger partial charge in [-0.15, -0.1) is 0 Å². The van der Waals surface area contributed by atoms with E-state index in [1.165, 1.54) is 6.20 Å². The monoisotopic (exact) mass is 204 g/mol. The number of aryl methyl sites for hydroxylation is 1. The van der Waals surface area contributed by atoms with Crippen molar-refractivity contribution >= 4 is 5.97 Å². The molecule has 0 bridgehead atoms. The minimum atomic E-state index is -1.06. The summed E-state index contributed by atoms with van der Waals surface area (Å²) in [6.45, 7) is 1.85. The summed E-state index contributed by atoms with van der Waals surface area (Å²) in [7, 11) is 0. The van der Waals surface area contributed by atoms with Crippen LogP contribution in [-0.4, -0.2) is 21.2 Å². The molecule has 2 aromatic rings. The third-order valence-corrected chi connectivity index (χ3v) is 2.08. The summed E-state index contributed by atoms with van der Waals surface area (Å²) in [5, 5.41) is 12.4. The lowest BCUT2D eigenvalue weighted by Crippen LogP contribution is -1.96. The summed E-state index contributed by atoms with van der Waals surface area (Å²) in [6.07, 6.45) is 4.38. The summed E-state index contributed by atoms with van der Waals surface area (Å²) in [5.41, 5.74) is 1.59. The van der Waals surface area contributed by atoms with Gasteiger partial charge in [-0.05, 0) is 18.6 Å². The van der Waals surface area contributed by atoms with E-state index in [-0.39, 0.29) is 11.3 Å². The van der Waals surface area contributed by atoms with E-state index in [0.29, 0.717) is 5.56 Å². The van der Waals surface area contributed by atoms with Crippen LogP contribution >= 0.6 is 0 Å². The zero-order valence-electron chi connectivity index (χ0n) is 7.97. The standard InChI is InChI=1S/C10H8N2O3/c1-6-2-3-11-4-7(6)9-8(10(13)14)5-12-15-9/h2-5H,1H3,(H,13,14). The molecule has 0 spiro atoms. The predicted molar refractivity (Wildman–Crippen MR) is 51.4 cm³/mol. The highest BCUT2D eigenvalue weighted by Gasteiger charge is 2.18. The van der Waals surface area contributed by atoms with Gasteiger partial charge in [-0.1, -0.05) is 5.16 Å². The van der Waals surface area contributed by atoms with Gasteiger partial charge in [0.25, 0.3) is 0 Å². The predicted octanol–water partition coefficient (Wildman–Crippen LogP) is 1.74. The summed E-state index contributed by atoms with van der Waals surface area (Å²) >= 11 is 0. The molecule has 0 fully saturated rings. The number of carbonyl (C=O) groups is 1. The van der Waals surface area contributed by atoms with E-state index >= 15 is 0 Å². The number of aromatic nitrogens is 2. The van der Waals surface area contributed by atoms with Crippen LogP contribution < -0.4 is 0 Å². The zero-order valence-corrected chi connectivity index (χ0v) is 7.97. The Labute approximate surface area is 85.4 Å². The molecule has 2 rings (SSSR count). The van der Waals surface area contributed by atoms with Crippen LogP contribution in [0.5, 0.6) is 0 Å². The Morgan fingerprint density at radius 3 is 2.93 bits per heavy atom. The van der Waals surface area contributed by atoms with Crippen LogP contribution in [0, 0.1) is 6.92 Å². The zero-order chi connectivity index (χ0) is 10.8. The molecule has 15 heavy (non-hydrogen) atoms. The van der Waals surface area contributed by atoms with Crippen molar-refractivity contribution in [2.45, 2.75) is 6.92 Å². The number of pyridine rings is 1. The number of carboxylic acid groups (broad SMARTS) is 1.